The summed E-state index contributed by atoms with van der Waals surface area (Å²) in [5.41, 5.74) is 1.22. The minimum absolute atomic E-state index is 0.154. The van der Waals surface area contributed by atoms with Crippen LogP contribution in [0.2, 0.25) is 0 Å². The normalized spacial score (nSPS) is 21.6. The van der Waals surface area contributed by atoms with Crippen molar-refractivity contribution in [2.75, 3.05) is 0 Å². The van der Waals surface area contributed by atoms with Gasteiger partial charge < -0.3 is 14.8 Å². The molecule has 0 radical (unpaired) electrons. The van der Waals surface area contributed by atoms with Gasteiger partial charge in [0.2, 0.25) is 6.10 Å². The van der Waals surface area contributed by atoms with E-state index in [0.29, 0.717) is 5.56 Å². The van der Waals surface area contributed by atoms with Crippen LogP contribution in [0, 0.1) is 0 Å². The third kappa shape index (κ3) is 4.18. The third-order valence-corrected chi connectivity index (χ3v) is 4.77. The van der Waals surface area contributed by atoms with Crippen molar-refractivity contribution in [3.8, 4) is 0 Å². The molecule has 2 aliphatic rings. The van der Waals surface area contributed by atoms with Crippen LogP contribution in [0.3, 0.4) is 0 Å². The first-order valence-corrected chi connectivity index (χ1v) is 8.84. The summed E-state index contributed by atoms with van der Waals surface area (Å²) in [6, 6.07) is 7.16. The van der Waals surface area contributed by atoms with E-state index in [1.807, 2.05) is 0 Å². The van der Waals surface area contributed by atoms with Crippen LogP contribution in [-0.2, 0) is 25.5 Å². The van der Waals surface area contributed by atoms with Crippen LogP contribution < -0.4 is 5.32 Å². The number of carbonyl (C=O) groups is 3. The summed E-state index contributed by atoms with van der Waals surface area (Å²) in [4.78, 5) is 36.5. The Hall–Kier alpha value is -2.37. The van der Waals surface area contributed by atoms with E-state index in [2.05, 4.69) is 5.32 Å². The lowest BCUT2D eigenvalue weighted by atomic mass is 9.95. The minimum Gasteiger partial charge on any atom is -0.450 e. The standard InChI is InChI=1S/C19H23NO5/c1-12(17(21)20-14-8-3-2-4-9-14)24-19(23)16-11-13-7-5-6-10-15(13)18(22)25-16/h5-7,10,12,14,16H,2-4,8-9,11H2,1H3,(H,20,21)/t12-,16-/m0/s1. The van der Waals surface area contributed by atoms with Gasteiger partial charge in [0.15, 0.2) is 6.10 Å². The Balaban J connectivity index is 1.55. The molecule has 1 aromatic rings. The SMILES string of the molecule is C[C@H](OC(=O)[C@@H]1Cc2ccccc2C(=O)O1)C(=O)NC1CCCCC1. The molecule has 2 atom stereocenters. The van der Waals surface area contributed by atoms with Crippen molar-refractivity contribution >= 4 is 17.8 Å². The lowest BCUT2D eigenvalue weighted by molar-refractivity contribution is -0.163. The van der Waals surface area contributed by atoms with Gasteiger partial charge in [-0.15, -0.1) is 0 Å². The first-order valence-electron chi connectivity index (χ1n) is 8.84. The summed E-state index contributed by atoms with van der Waals surface area (Å²) in [5, 5.41) is 2.93. The smallest absolute Gasteiger partial charge is 0.348 e. The molecule has 25 heavy (non-hydrogen) atoms. The van der Waals surface area contributed by atoms with Gasteiger partial charge in [0, 0.05) is 12.5 Å². The second kappa shape index (κ2) is 7.68. The molecule has 1 heterocycles. The second-order valence-corrected chi connectivity index (χ2v) is 6.68. The van der Waals surface area contributed by atoms with Crippen molar-refractivity contribution in [3.05, 3.63) is 35.4 Å². The molecule has 3 rings (SSSR count). The fraction of sp³-hybridized carbons (Fsp3) is 0.526. The highest BCUT2D eigenvalue weighted by atomic mass is 16.6. The van der Waals surface area contributed by atoms with E-state index < -0.39 is 24.1 Å². The summed E-state index contributed by atoms with van der Waals surface area (Å²) < 4.78 is 10.4. The van der Waals surface area contributed by atoms with Gasteiger partial charge in [-0.05, 0) is 31.4 Å². The Morgan fingerprint density at radius 2 is 1.92 bits per heavy atom. The van der Waals surface area contributed by atoms with E-state index in [1.165, 1.54) is 13.3 Å². The van der Waals surface area contributed by atoms with Crippen molar-refractivity contribution in [1.82, 2.24) is 5.32 Å². The molecule has 1 fully saturated rings. The van der Waals surface area contributed by atoms with Crippen LogP contribution in [-0.4, -0.2) is 36.1 Å². The molecule has 6 heteroatoms. The highest BCUT2D eigenvalue weighted by Crippen LogP contribution is 2.22. The fourth-order valence-corrected chi connectivity index (χ4v) is 3.33. The second-order valence-electron chi connectivity index (χ2n) is 6.68. The highest BCUT2D eigenvalue weighted by Gasteiger charge is 2.34. The summed E-state index contributed by atoms with van der Waals surface area (Å²) in [6.45, 7) is 1.54. The molecular formula is C19H23NO5. The van der Waals surface area contributed by atoms with Crippen LogP contribution in [0.15, 0.2) is 24.3 Å². The number of nitrogens with one attached hydrogen (secondary N) is 1. The van der Waals surface area contributed by atoms with Crippen LogP contribution in [0.25, 0.3) is 0 Å². The molecule has 1 amide bonds. The van der Waals surface area contributed by atoms with Gasteiger partial charge in [-0.25, -0.2) is 9.59 Å². The van der Waals surface area contributed by atoms with Crippen molar-refractivity contribution in [1.29, 1.82) is 0 Å². The van der Waals surface area contributed by atoms with Gasteiger partial charge in [-0.2, -0.15) is 0 Å². The number of esters is 2. The van der Waals surface area contributed by atoms with Crippen molar-refractivity contribution in [2.45, 2.75) is 63.7 Å². The summed E-state index contributed by atoms with van der Waals surface area (Å²) in [6.07, 6.45) is 3.68. The summed E-state index contributed by atoms with van der Waals surface area (Å²) in [7, 11) is 0. The van der Waals surface area contributed by atoms with E-state index >= 15 is 0 Å². The number of fused-ring (bicyclic) bond motifs is 1. The summed E-state index contributed by atoms with van der Waals surface area (Å²) >= 11 is 0. The average Bonchev–Trinajstić information content (AvgIpc) is 2.62. The number of cyclic esters (lactones) is 1. The lowest BCUT2D eigenvalue weighted by Crippen LogP contribution is -2.45. The van der Waals surface area contributed by atoms with Gasteiger partial charge in [0.05, 0.1) is 5.56 Å². The van der Waals surface area contributed by atoms with Crippen LogP contribution >= 0.6 is 0 Å². The molecule has 0 aromatic heterocycles. The number of hydrogen-bond acceptors (Lipinski definition) is 5. The molecule has 0 unspecified atom stereocenters. The number of carbonyl (C=O) groups excluding carboxylic acids is 3. The van der Waals surface area contributed by atoms with Crippen molar-refractivity contribution < 1.29 is 23.9 Å². The van der Waals surface area contributed by atoms with E-state index in [9.17, 15) is 14.4 Å². The molecule has 1 N–H and O–H groups in total. The van der Waals surface area contributed by atoms with Gasteiger partial charge >= 0.3 is 11.9 Å². The predicted octanol–water partition coefficient (Wildman–Crippen LogP) is 2.15. The zero-order valence-corrected chi connectivity index (χ0v) is 14.3. The molecule has 0 saturated heterocycles. The Morgan fingerprint density at radius 3 is 2.68 bits per heavy atom. The number of rotatable bonds is 4. The quantitative estimate of drug-likeness (QED) is 0.846. The molecule has 1 saturated carbocycles. The van der Waals surface area contributed by atoms with Gasteiger partial charge in [-0.1, -0.05) is 37.5 Å². The van der Waals surface area contributed by atoms with Crippen molar-refractivity contribution in [3.63, 3.8) is 0 Å². The zero-order valence-electron chi connectivity index (χ0n) is 14.3. The molecule has 134 valence electrons. The molecular weight excluding hydrogens is 322 g/mol. The molecule has 0 spiro atoms. The van der Waals surface area contributed by atoms with E-state index in [4.69, 9.17) is 9.47 Å². The zero-order chi connectivity index (χ0) is 17.8. The topological polar surface area (TPSA) is 81.7 Å². The Bertz CT molecular complexity index is 666. The maximum Gasteiger partial charge on any atom is 0.348 e. The molecule has 1 aliphatic heterocycles. The lowest BCUT2D eigenvalue weighted by Gasteiger charge is -2.26. The van der Waals surface area contributed by atoms with E-state index in [0.717, 1.165) is 31.2 Å². The van der Waals surface area contributed by atoms with Gasteiger partial charge in [0.25, 0.3) is 5.91 Å². The predicted molar refractivity (Wildman–Crippen MR) is 89.9 cm³/mol. The maximum absolute atomic E-state index is 12.3. The van der Waals surface area contributed by atoms with E-state index in [1.54, 1.807) is 24.3 Å². The Morgan fingerprint density at radius 1 is 1.20 bits per heavy atom. The van der Waals surface area contributed by atoms with Crippen LogP contribution in [0.1, 0.15) is 54.9 Å². The number of amides is 1. The third-order valence-electron chi connectivity index (χ3n) is 4.77. The monoisotopic (exact) mass is 345 g/mol. The Kier molecular flexibility index (Phi) is 5.36. The minimum atomic E-state index is -1.01. The molecule has 6 nitrogen and oxygen atoms in total. The van der Waals surface area contributed by atoms with Gasteiger partial charge in [0.1, 0.15) is 0 Å². The fourth-order valence-electron chi connectivity index (χ4n) is 3.33. The largest absolute Gasteiger partial charge is 0.450 e. The molecule has 0 bridgehead atoms. The maximum atomic E-state index is 12.3. The number of ether oxygens (including phenoxy) is 2. The molecule has 1 aromatic carbocycles. The van der Waals surface area contributed by atoms with Crippen LogP contribution in [0.5, 0.6) is 0 Å². The number of benzene rings is 1. The van der Waals surface area contributed by atoms with Crippen molar-refractivity contribution in [2.24, 2.45) is 0 Å². The average molecular weight is 345 g/mol. The summed E-state index contributed by atoms with van der Waals surface area (Å²) in [5.74, 6) is -1.53. The molecule has 1 aliphatic carbocycles. The number of hydrogen-bond donors (Lipinski definition) is 1. The Labute approximate surface area is 146 Å². The first-order chi connectivity index (χ1) is 12.0. The van der Waals surface area contributed by atoms with Crippen LogP contribution in [0.4, 0.5) is 0 Å². The van der Waals surface area contributed by atoms with Gasteiger partial charge in [-0.3, -0.25) is 4.79 Å². The van der Waals surface area contributed by atoms with E-state index in [-0.39, 0.29) is 18.4 Å². The highest BCUT2D eigenvalue weighted by molar-refractivity contribution is 5.95. The first kappa shape index (κ1) is 17.5.